The lowest BCUT2D eigenvalue weighted by atomic mass is 9.96. The van der Waals surface area contributed by atoms with Gasteiger partial charge in [0.1, 0.15) is 6.54 Å². The summed E-state index contributed by atoms with van der Waals surface area (Å²) < 4.78 is 4.57. The van der Waals surface area contributed by atoms with E-state index < -0.39 is 0 Å². The van der Waals surface area contributed by atoms with Gasteiger partial charge in [-0.25, -0.2) is 0 Å². The second-order valence-electron chi connectivity index (χ2n) is 3.53. The fourth-order valence-corrected chi connectivity index (χ4v) is 1.69. The number of esters is 1. The van der Waals surface area contributed by atoms with Crippen molar-refractivity contribution in [1.82, 2.24) is 0 Å². The molecule has 0 saturated heterocycles. The molecule has 3 heteroatoms. The van der Waals surface area contributed by atoms with Crippen LogP contribution in [0.15, 0.2) is 35.3 Å². The Hall–Kier alpha value is -1.90. The second kappa shape index (κ2) is 4.75. The van der Waals surface area contributed by atoms with E-state index in [9.17, 15) is 4.79 Å². The summed E-state index contributed by atoms with van der Waals surface area (Å²) in [5.74, 6) is -0.306. The molecule has 0 heterocycles. The summed E-state index contributed by atoms with van der Waals surface area (Å²) >= 11 is 0. The number of ether oxygens (including phenoxy) is 1. The molecular weight excluding hydrogens is 202 g/mol. The molecule has 16 heavy (non-hydrogen) atoms. The van der Waals surface area contributed by atoms with Crippen LogP contribution in [-0.2, 0) is 9.53 Å². The molecule has 0 fully saturated rings. The molecule has 1 aliphatic rings. The van der Waals surface area contributed by atoms with E-state index in [1.54, 1.807) is 0 Å². The molecule has 1 aromatic carbocycles. The zero-order chi connectivity index (χ0) is 11.4. The van der Waals surface area contributed by atoms with E-state index >= 15 is 0 Å². The van der Waals surface area contributed by atoms with Gasteiger partial charge in [-0.05, 0) is 5.56 Å². The molecule has 0 atom stereocenters. The Morgan fingerprint density at radius 3 is 3.06 bits per heavy atom. The van der Waals surface area contributed by atoms with E-state index in [0.717, 1.165) is 23.3 Å². The first-order valence-electron chi connectivity index (χ1n) is 5.17. The summed E-state index contributed by atoms with van der Waals surface area (Å²) in [5, 5.41) is 0. The Morgan fingerprint density at radius 1 is 1.44 bits per heavy atom. The molecule has 1 aromatic rings. The number of carbonyl (C=O) groups excluding carboxylic acids is 1. The van der Waals surface area contributed by atoms with Crippen molar-refractivity contribution in [2.45, 2.75) is 6.42 Å². The third-order valence-corrected chi connectivity index (χ3v) is 2.51. The quantitative estimate of drug-likeness (QED) is 0.708. The van der Waals surface area contributed by atoms with Crippen LogP contribution in [0.2, 0.25) is 0 Å². The predicted molar refractivity (Wildman–Crippen MR) is 63.5 cm³/mol. The Kier molecular flexibility index (Phi) is 3.15. The molecule has 0 amide bonds. The molecule has 0 unspecified atom stereocenters. The van der Waals surface area contributed by atoms with Crippen LogP contribution in [-0.4, -0.2) is 25.3 Å². The van der Waals surface area contributed by atoms with Gasteiger partial charge in [0.2, 0.25) is 0 Å². The first-order chi connectivity index (χ1) is 7.81. The number of hydrogen-bond donors (Lipinski definition) is 0. The average molecular weight is 215 g/mol. The summed E-state index contributed by atoms with van der Waals surface area (Å²) in [6, 6.07) is 8.03. The molecule has 3 nitrogen and oxygen atoms in total. The number of allylic oxidation sites excluding steroid dienone is 1. The zero-order valence-corrected chi connectivity index (χ0v) is 9.14. The van der Waals surface area contributed by atoms with Gasteiger partial charge >= 0.3 is 5.97 Å². The van der Waals surface area contributed by atoms with Crippen LogP contribution in [0.4, 0.5) is 0 Å². The number of rotatable bonds is 2. The fourth-order valence-electron chi connectivity index (χ4n) is 1.69. The van der Waals surface area contributed by atoms with Crippen LogP contribution >= 0.6 is 0 Å². The van der Waals surface area contributed by atoms with Crippen molar-refractivity contribution < 1.29 is 9.53 Å². The predicted octanol–water partition coefficient (Wildman–Crippen LogP) is 2.07. The van der Waals surface area contributed by atoms with Gasteiger partial charge in [-0.15, -0.1) is 0 Å². The van der Waals surface area contributed by atoms with Crippen LogP contribution < -0.4 is 0 Å². The highest BCUT2D eigenvalue weighted by atomic mass is 16.5. The number of hydrogen-bond acceptors (Lipinski definition) is 3. The van der Waals surface area contributed by atoms with Crippen molar-refractivity contribution >= 4 is 17.8 Å². The minimum atomic E-state index is -0.306. The summed E-state index contributed by atoms with van der Waals surface area (Å²) in [6.45, 7) is 0.0913. The fraction of sp³-hybridized carbons (Fsp3) is 0.231. The minimum Gasteiger partial charge on any atom is -0.468 e. The maximum atomic E-state index is 11.0. The van der Waals surface area contributed by atoms with Crippen molar-refractivity contribution in [1.29, 1.82) is 0 Å². The number of methoxy groups -OCH3 is 1. The first-order valence-corrected chi connectivity index (χ1v) is 5.17. The van der Waals surface area contributed by atoms with Crippen molar-refractivity contribution in [3.8, 4) is 0 Å². The number of carbonyl (C=O) groups is 1. The lowest BCUT2D eigenvalue weighted by Gasteiger charge is -2.12. The molecule has 0 N–H and O–H groups in total. The number of nitrogens with zero attached hydrogens (tertiary/aromatic N) is 1. The highest BCUT2D eigenvalue weighted by Gasteiger charge is 2.10. The molecule has 0 saturated carbocycles. The lowest BCUT2D eigenvalue weighted by Crippen LogP contribution is -2.11. The van der Waals surface area contributed by atoms with E-state index in [2.05, 4.69) is 21.9 Å². The van der Waals surface area contributed by atoms with Crippen molar-refractivity contribution in [2.24, 2.45) is 4.99 Å². The molecule has 0 bridgehead atoms. The van der Waals surface area contributed by atoms with Gasteiger partial charge in [-0.3, -0.25) is 9.79 Å². The summed E-state index contributed by atoms with van der Waals surface area (Å²) in [4.78, 5) is 15.3. The monoisotopic (exact) mass is 215 g/mol. The highest BCUT2D eigenvalue weighted by Crippen LogP contribution is 2.19. The molecule has 82 valence electrons. The third-order valence-electron chi connectivity index (χ3n) is 2.51. The lowest BCUT2D eigenvalue weighted by molar-refractivity contribution is -0.138. The van der Waals surface area contributed by atoms with Gasteiger partial charge in [0.05, 0.1) is 7.11 Å². The van der Waals surface area contributed by atoms with Gasteiger partial charge in [0.25, 0.3) is 0 Å². The number of fused-ring (bicyclic) bond motifs is 1. The maximum Gasteiger partial charge on any atom is 0.327 e. The first kappa shape index (κ1) is 10.6. The van der Waals surface area contributed by atoms with E-state index in [-0.39, 0.29) is 12.5 Å². The maximum absolute atomic E-state index is 11.0. The summed E-state index contributed by atoms with van der Waals surface area (Å²) in [6.07, 6.45) is 4.90. The van der Waals surface area contributed by atoms with Crippen LogP contribution in [0.1, 0.15) is 17.5 Å². The van der Waals surface area contributed by atoms with Crippen LogP contribution in [0.5, 0.6) is 0 Å². The average Bonchev–Trinajstić information content (AvgIpc) is 2.35. The topological polar surface area (TPSA) is 38.7 Å². The largest absolute Gasteiger partial charge is 0.468 e. The molecule has 0 aliphatic heterocycles. The van der Waals surface area contributed by atoms with Crippen molar-refractivity contribution in [3.63, 3.8) is 0 Å². The highest BCUT2D eigenvalue weighted by molar-refractivity contribution is 6.06. The van der Waals surface area contributed by atoms with Crippen molar-refractivity contribution in [3.05, 3.63) is 41.5 Å². The Labute approximate surface area is 94.5 Å². The van der Waals surface area contributed by atoms with Crippen molar-refractivity contribution in [2.75, 3.05) is 13.7 Å². The minimum absolute atomic E-state index is 0.0913. The molecule has 0 spiro atoms. The number of aliphatic imine (C=N–C) groups is 1. The SMILES string of the molecule is COC(=O)CN=C1CC=Cc2ccccc21. The zero-order valence-electron chi connectivity index (χ0n) is 9.14. The molecule has 2 rings (SSSR count). The standard InChI is InChI=1S/C13H13NO2/c1-16-13(15)9-14-12-8-4-6-10-5-2-3-7-11(10)12/h2-7H,8-9H2,1H3. The van der Waals surface area contributed by atoms with Gasteiger partial charge in [-0.1, -0.05) is 36.4 Å². The Morgan fingerprint density at radius 2 is 2.25 bits per heavy atom. The number of benzene rings is 1. The van der Waals surface area contributed by atoms with Gasteiger partial charge in [0.15, 0.2) is 0 Å². The normalized spacial score (nSPS) is 15.9. The third kappa shape index (κ3) is 2.19. The van der Waals surface area contributed by atoms with Crippen LogP contribution in [0, 0.1) is 0 Å². The van der Waals surface area contributed by atoms with Gasteiger partial charge < -0.3 is 4.74 Å². The Balaban J connectivity index is 2.25. The van der Waals surface area contributed by atoms with E-state index in [0.29, 0.717) is 0 Å². The molecule has 1 aliphatic carbocycles. The molecule has 0 radical (unpaired) electrons. The summed E-state index contributed by atoms with van der Waals surface area (Å²) in [7, 11) is 1.37. The second-order valence-corrected chi connectivity index (χ2v) is 3.53. The van der Waals surface area contributed by atoms with Crippen LogP contribution in [0.3, 0.4) is 0 Å². The smallest absolute Gasteiger partial charge is 0.327 e. The van der Waals surface area contributed by atoms with Gasteiger partial charge in [0, 0.05) is 17.7 Å². The Bertz CT molecular complexity index is 461. The van der Waals surface area contributed by atoms with Crippen LogP contribution in [0.25, 0.3) is 6.08 Å². The van der Waals surface area contributed by atoms with E-state index in [1.165, 1.54) is 7.11 Å². The van der Waals surface area contributed by atoms with E-state index in [1.807, 2.05) is 24.3 Å². The molecular formula is C13H13NO2. The van der Waals surface area contributed by atoms with Gasteiger partial charge in [-0.2, -0.15) is 0 Å². The van der Waals surface area contributed by atoms with E-state index in [4.69, 9.17) is 0 Å². The molecule has 0 aromatic heterocycles. The summed E-state index contributed by atoms with van der Waals surface area (Å²) in [5.41, 5.74) is 3.20.